The molecule has 0 saturated carbocycles. The SMILES string of the molecule is CNS(=O)(=O)N1C[C@@H]2CCCN[C@@H]2C1. The van der Waals surface area contributed by atoms with Gasteiger partial charge in [-0.1, -0.05) is 0 Å². The molecule has 2 aliphatic rings. The molecule has 2 saturated heterocycles. The van der Waals surface area contributed by atoms with Crippen LogP contribution in [0.3, 0.4) is 0 Å². The molecule has 0 spiro atoms. The topological polar surface area (TPSA) is 61.4 Å². The summed E-state index contributed by atoms with van der Waals surface area (Å²) in [6.07, 6.45) is 2.31. The van der Waals surface area contributed by atoms with Crippen molar-refractivity contribution < 1.29 is 8.42 Å². The van der Waals surface area contributed by atoms with E-state index in [0.717, 1.165) is 19.4 Å². The van der Waals surface area contributed by atoms with E-state index in [2.05, 4.69) is 10.0 Å². The maximum absolute atomic E-state index is 11.5. The van der Waals surface area contributed by atoms with Crippen molar-refractivity contribution in [2.75, 3.05) is 26.7 Å². The maximum atomic E-state index is 11.5. The number of nitrogens with one attached hydrogen (secondary N) is 2. The Labute approximate surface area is 85.0 Å². The zero-order chi connectivity index (χ0) is 10.2. The van der Waals surface area contributed by atoms with Crippen molar-refractivity contribution in [3.63, 3.8) is 0 Å². The Morgan fingerprint density at radius 2 is 2.21 bits per heavy atom. The van der Waals surface area contributed by atoms with Gasteiger partial charge in [-0.15, -0.1) is 0 Å². The second kappa shape index (κ2) is 3.77. The van der Waals surface area contributed by atoms with E-state index in [0.29, 0.717) is 25.0 Å². The molecule has 0 radical (unpaired) electrons. The average molecular weight is 219 g/mol. The van der Waals surface area contributed by atoms with E-state index in [9.17, 15) is 8.42 Å². The maximum Gasteiger partial charge on any atom is 0.279 e. The van der Waals surface area contributed by atoms with Crippen LogP contribution >= 0.6 is 0 Å². The Balaban J connectivity index is 2.06. The van der Waals surface area contributed by atoms with E-state index in [4.69, 9.17) is 0 Å². The molecule has 2 atom stereocenters. The number of rotatable bonds is 2. The van der Waals surface area contributed by atoms with Crippen LogP contribution < -0.4 is 10.0 Å². The van der Waals surface area contributed by atoms with Gasteiger partial charge in [0.25, 0.3) is 10.2 Å². The van der Waals surface area contributed by atoms with E-state index in [-0.39, 0.29) is 0 Å². The predicted octanol–water partition coefficient (Wildman–Crippen LogP) is -0.866. The fraction of sp³-hybridized carbons (Fsp3) is 1.00. The van der Waals surface area contributed by atoms with Gasteiger partial charge in [-0.3, -0.25) is 0 Å². The summed E-state index contributed by atoms with van der Waals surface area (Å²) >= 11 is 0. The lowest BCUT2D eigenvalue weighted by Crippen LogP contribution is -2.42. The number of piperidine rings is 1. The molecule has 14 heavy (non-hydrogen) atoms. The molecule has 0 unspecified atom stereocenters. The van der Waals surface area contributed by atoms with Gasteiger partial charge in [-0.05, 0) is 25.3 Å². The highest BCUT2D eigenvalue weighted by Crippen LogP contribution is 2.25. The van der Waals surface area contributed by atoms with Crippen LogP contribution in [0.5, 0.6) is 0 Å². The van der Waals surface area contributed by atoms with E-state index in [1.807, 2.05) is 0 Å². The second-order valence-electron chi connectivity index (χ2n) is 3.99. The lowest BCUT2D eigenvalue weighted by Gasteiger charge is -2.24. The molecule has 0 aliphatic carbocycles. The van der Waals surface area contributed by atoms with Crippen molar-refractivity contribution in [1.82, 2.24) is 14.3 Å². The van der Waals surface area contributed by atoms with Crippen LogP contribution in [0, 0.1) is 5.92 Å². The molecule has 6 heteroatoms. The summed E-state index contributed by atoms with van der Waals surface area (Å²) in [4.78, 5) is 0. The Kier molecular flexibility index (Phi) is 2.79. The van der Waals surface area contributed by atoms with E-state index in [1.165, 1.54) is 7.05 Å². The smallest absolute Gasteiger partial charge is 0.279 e. The molecule has 2 heterocycles. The lowest BCUT2D eigenvalue weighted by molar-refractivity contribution is 0.339. The number of hydrogen-bond acceptors (Lipinski definition) is 3. The van der Waals surface area contributed by atoms with Crippen molar-refractivity contribution in [3.05, 3.63) is 0 Å². The Bertz CT molecular complexity index is 290. The normalized spacial score (nSPS) is 34.4. The summed E-state index contributed by atoms with van der Waals surface area (Å²) in [5.74, 6) is 0.506. The van der Waals surface area contributed by atoms with Gasteiger partial charge < -0.3 is 5.32 Å². The van der Waals surface area contributed by atoms with Crippen LogP contribution in [0.2, 0.25) is 0 Å². The summed E-state index contributed by atoms with van der Waals surface area (Å²) in [6.45, 7) is 2.31. The minimum Gasteiger partial charge on any atom is -0.312 e. The Morgan fingerprint density at radius 1 is 1.43 bits per heavy atom. The van der Waals surface area contributed by atoms with Gasteiger partial charge in [-0.25, -0.2) is 4.72 Å². The van der Waals surface area contributed by atoms with Crippen molar-refractivity contribution in [1.29, 1.82) is 0 Å². The van der Waals surface area contributed by atoms with Gasteiger partial charge in [0.05, 0.1) is 0 Å². The zero-order valence-electron chi connectivity index (χ0n) is 8.36. The fourth-order valence-electron chi connectivity index (χ4n) is 2.33. The van der Waals surface area contributed by atoms with Crippen molar-refractivity contribution in [3.8, 4) is 0 Å². The number of fused-ring (bicyclic) bond motifs is 1. The van der Waals surface area contributed by atoms with E-state index >= 15 is 0 Å². The summed E-state index contributed by atoms with van der Waals surface area (Å²) in [6, 6.07) is 0.367. The van der Waals surface area contributed by atoms with Crippen LogP contribution in [0.1, 0.15) is 12.8 Å². The second-order valence-corrected chi connectivity index (χ2v) is 5.86. The molecule has 0 amide bonds. The van der Waals surface area contributed by atoms with Crippen molar-refractivity contribution >= 4 is 10.2 Å². The molecule has 5 nitrogen and oxygen atoms in total. The van der Waals surface area contributed by atoms with Gasteiger partial charge in [0.2, 0.25) is 0 Å². The third kappa shape index (κ3) is 1.79. The van der Waals surface area contributed by atoms with Crippen LogP contribution in [-0.4, -0.2) is 45.4 Å². The molecular formula is C8H17N3O2S. The molecule has 2 aliphatic heterocycles. The summed E-state index contributed by atoms with van der Waals surface area (Å²) in [5.41, 5.74) is 0. The fourth-order valence-corrected chi connectivity index (χ4v) is 3.34. The minimum atomic E-state index is -3.21. The third-order valence-corrected chi connectivity index (χ3v) is 4.66. The van der Waals surface area contributed by atoms with Gasteiger partial charge in [-0.2, -0.15) is 12.7 Å². The number of hydrogen-bond donors (Lipinski definition) is 2. The summed E-state index contributed by atoms with van der Waals surface area (Å²) in [7, 11) is -1.75. The first kappa shape index (κ1) is 10.4. The molecule has 82 valence electrons. The highest BCUT2D eigenvalue weighted by Gasteiger charge is 2.38. The zero-order valence-corrected chi connectivity index (χ0v) is 9.18. The van der Waals surface area contributed by atoms with Gasteiger partial charge in [0, 0.05) is 26.2 Å². The largest absolute Gasteiger partial charge is 0.312 e. The van der Waals surface area contributed by atoms with Gasteiger partial charge in [0.15, 0.2) is 0 Å². The average Bonchev–Trinajstić information content (AvgIpc) is 2.61. The van der Waals surface area contributed by atoms with Crippen molar-refractivity contribution in [2.24, 2.45) is 5.92 Å². The van der Waals surface area contributed by atoms with Crippen molar-refractivity contribution in [2.45, 2.75) is 18.9 Å². The lowest BCUT2D eigenvalue weighted by atomic mass is 9.94. The first-order valence-electron chi connectivity index (χ1n) is 5.05. The molecular weight excluding hydrogens is 202 g/mol. The molecule has 0 aromatic carbocycles. The summed E-state index contributed by atoms with van der Waals surface area (Å²) in [5, 5.41) is 3.37. The van der Waals surface area contributed by atoms with Gasteiger partial charge in [0.1, 0.15) is 0 Å². The number of nitrogens with zero attached hydrogens (tertiary/aromatic N) is 1. The van der Waals surface area contributed by atoms with Gasteiger partial charge >= 0.3 is 0 Å². The summed E-state index contributed by atoms with van der Waals surface area (Å²) < 4.78 is 27.0. The monoisotopic (exact) mass is 219 g/mol. The van der Waals surface area contributed by atoms with E-state index < -0.39 is 10.2 Å². The molecule has 2 N–H and O–H groups in total. The minimum absolute atomic E-state index is 0.367. The molecule has 2 fully saturated rings. The van der Waals surface area contributed by atoms with Crippen LogP contribution in [0.4, 0.5) is 0 Å². The predicted molar refractivity (Wildman–Crippen MR) is 54.1 cm³/mol. The highest BCUT2D eigenvalue weighted by atomic mass is 32.2. The standard InChI is InChI=1S/C8H17N3O2S/c1-9-14(12,13)11-5-7-3-2-4-10-8(7)6-11/h7-10H,2-6H2,1H3/t7-,8+/m0/s1. The quantitative estimate of drug-likeness (QED) is 0.635. The van der Waals surface area contributed by atoms with Crippen LogP contribution in [-0.2, 0) is 10.2 Å². The molecule has 0 bridgehead atoms. The Hall–Kier alpha value is -0.170. The first-order valence-corrected chi connectivity index (χ1v) is 6.49. The third-order valence-electron chi connectivity index (χ3n) is 3.16. The van der Waals surface area contributed by atoms with Crippen LogP contribution in [0.25, 0.3) is 0 Å². The first-order chi connectivity index (χ1) is 6.63. The molecule has 0 aromatic heterocycles. The van der Waals surface area contributed by atoms with E-state index in [1.54, 1.807) is 4.31 Å². The molecule has 0 aromatic rings. The van der Waals surface area contributed by atoms with Crippen LogP contribution in [0.15, 0.2) is 0 Å². The highest BCUT2D eigenvalue weighted by molar-refractivity contribution is 7.87. The Morgan fingerprint density at radius 3 is 2.86 bits per heavy atom. The molecule has 2 rings (SSSR count).